The summed E-state index contributed by atoms with van der Waals surface area (Å²) in [5.41, 5.74) is 0.346. The molecule has 0 radical (unpaired) electrons. The Labute approximate surface area is 266 Å². The zero-order valence-electron chi connectivity index (χ0n) is 24.9. The van der Waals surface area contributed by atoms with E-state index >= 15 is 0 Å². The van der Waals surface area contributed by atoms with E-state index in [4.69, 9.17) is 27.9 Å². The Hall–Kier alpha value is -3.87. The van der Waals surface area contributed by atoms with Crippen molar-refractivity contribution in [2.75, 3.05) is 24.5 Å². The quantitative estimate of drug-likeness (QED) is 0.185. The molecule has 0 saturated carbocycles. The van der Waals surface area contributed by atoms with E-state index < -0.39 is 45.0 Å². The average molecular weight is 666 g/mol. The Morgan fingerprint density at radius 1 is 1.02 bits per heavy atom. The lowest BCUT2D eigenvalue weighted by molar-refractivity contribution is -0.385. The van der Waals surface area contributed by atoms with Gasteiger partial charge in [0.05, 0.1) is 22.6 Å². The molecule has 1 N–H and O–H groups in total. The molecule has 3 aromatic rings. The summed E-state index contributed by atoms with van der Waals surface area (Å²) in [7, 11) is -3.10. The molecule has 0 bridgehead atoms. The van der Waals surface area contributed by atoms with Crippen molar-refractivity contribution in [3.8, 4) is 5.75 Å². The number of amides is 2. The summed E-state index contributed by atoms with van der Waals surface area (Å²) in [6, 6.07) is 13.2. The summed E-state index contributed by atoms with van der Waals surface area (Å²) in [5, 5.41) is 14.9. The Morgan fingerprint density at radius 2 is 1.64 bits per heavy atom. The molecule has 3 aromatic carbocycles. The number of anilines is 1. The van der Waals surface area contributed by atoms with Gasteiger partial charge in [0.25, 0.3) is 15.7 Å². The van der Waals surface area contributed by atoms with Crippen LogP contribution in [0.3, 0.4) is 0 Å². The highest BCUT2D eigenvalue weighted by Gasteiger charge is 2.34. The van der Waals surface area contributed by atoms with Gasteiger partial charge in [0.1, 0.15) is 18.3 Å². The zero-order valence-corrected chi connectivity index (χ0v) is 27.2. The lowest BCUT2D eigenvalue weighted by atomic mass is 10.1. The number of rotatable bonds is 13. The summed E-state index contributed by atoms with van der Waals surface area (Å²) >= 11 is 12.8. The topological polar surface area (TPSA) is 139 Å². The SMILES string of the molecule is COc1ccc(N(CC(=O)N(Cc2c(Cl)cccc2Cl)[C@@H](C)C(=O)NCC(C)C)S(=O)(=O)c2ccc(C)c([N+](=O)[O-])c2)cc1. The smallest absolute Gasteiger partial charge is 0.273 e. The van der Waals surface area contributed by atoms with Crippen LogP contribution in [0.1, 0.15) is 31.9 Å². The van der Waals surface area contributed by atoms with Crippen LogP contribution in [0.4, 0.5) is 11.4 Å². The van der Waals surface area contributed by atoms with Gasteiger partial charge in [0.15, 0.2) is 0 Å². The second kappa shape index (κ2) is 14.7. The second-order valence-electron chi connectivity index (χ2n) is 10.5. The van der Waals surface area contributed by atoms with Gasteiger partial charge in [-0.05, 0) is 62.2 Å². The number of carbonyl (C=O) groups is 2. The number of nitro benzene ring substituents is 1. The molecule has 0 aliphatic carbocycles. The van der Waals surface area contributed by atoms with E-state index in [0.717, 1.165) is 10.4 Å². The summed E-state index contributed by atoms with van der Waals surface area (Å²) < 4.78 is 34.1. The minimum Gasteiger partial charge on any atom is -0.497 e. The van der Waals surface area contributed by atoms with Gasteiger partial charge >= 0.3 is 0 Å². The molecule has 0 heterocycles. The number of sulfonamides is 1. The van der Waals surface area contributed by atoms with Crippen molar-refractivity contribution >= 4 is 56.4 Å². The van der Waals surface area contributed by atoms with Crippen molar-refractivity contribution in [3.63, 3.8) is 0 Å². The molecular weight excluding hydrogens is 631 g/mol. The summed E-state index contributed by atoms with van der Waals surface area (Å²) in [6.07, 6.45) is 0. The zero-order chi connectivity index (χ0) is 32.8. The van der Waals surface area contributed by atoms with Gasteiger partial charge in [0.2, 0.25) is 11.8 Å². The number of aryl methyl sites for hydroxylation is 1. The first kappa shape index (κ1) is 34.6. The maximum atomic E-state index is 14.1. The van der Waals surface area contributed by atoms with Crippen LogP contribution in [0.15, 0.2) is 65.6 Å². The number of halogens is 2. The van der Waals surface area contributed by atoms with Gasteiger partial charge in [-0.1, -0.05) is 49.2 Å². The van der Waals surface area contributed by atoms with Gasteiger partial charge in [0, 0.05) is 40.3 Å². The highest BCUT2D eigenvalue weighted by molar-refractivity contribution is 7.92. The molecule has 14 heteroatoms. The molecule has 1 atom stereocenters. The van der Waals surface area contributed by atoms with Crippen LogP contribution in [-0.4, -0.2) is 56.3 Å². The molecule has 236 valence electrons. The average Bonchev–Trinajstić information content (AvgIpc) is 2.98. The summed E-state index contributed by atoms with van der Waals surface area (Å²) in [6.45, 7) is 6.27. The van der Waals surface area contributed by atoms with Crippen molar-refractivity contribution in [2.24, 2.45) is 5.92 Å². The molecule has 44 heavy (non-hydrogen) atoms. The van der Waals surface area contributed by atoms with E-state index in [1.165, 1.54) is 62.3 Å². The number of nitrogens with zero attached hydrogens (tertiary/aromatic N) is 3. The van der Waals surface area contributed by atoms with E-state index in [1.807, 2.05) is 13.8 Å². The van der Waals surface area contributed by atoms with Crippen LogP contribution >= 0.6 is 23.2 Å². The first-order valence-corrected chi connectivity index (χ1v) is 15.8. The van der Waals surface area contributed by atoms with Crippen LogP contribution in [0, 0.1) is 23.0 Å². The largest absolute Gasteiger partial charge is 0.497 e. The second-order valence-corrected chi connectivity index (χ2v) is 13.1. The highest BCUT2D eigenvalue weighted by Crippen LogP contribution is 2.31. The maximum Gasteiger partial charge on any atom is 0.273 e. The minimum atomic E-state index is -4.54. The van der Waals surface area contributed by atoms with Gasteiger partial charge < -0.3 is 15.0 Å². The summed E-state index contributed by atoms with van der Waals surface area (Å²) in [5.74, 6) is -0.617. The molecule has 0 saturated heterocycles. The maximum absolute atomic E-state index is 14.1. The van der Waals surface area contributed by atoms with E-state index in [2.05, 4.69) is 5.32 Å². The number of nitrogens with one attached hydrogen (secondary N) is 1. The van der Waals surface area contributed by atoms with Crippen LogP contribution in [0.5, 0.6) is 5.75 Å². The molecule has 0 aromatic heterocycles. The molecule has 0 aliphatic heterocycles. The number of nitro groups is 1. The monoisotopic (exact) mass is 664 g/mol. The number of hydrogen-bond donors (Lipinski definition) is 1. The van der Waals surface area contributed by atoms with E-state index in [9.17, 15) is 28.1 Å². The Morgan fingerprint density at radius 3 is 2.18 bits per heavy atom. The molecule has 2 amide bonds. The minimum absolute atomic E-state index is 0.0926. The van der Waals surface area contributed by atoms with Crippen LogP contribution < -0.4 is 14.4 Å². The van der Waals surface area contributed by atoms with Crippen LogP contribution in [0.25, 0.3) is 0 Å². The third-order valence-corrected chi connectivity index (χ3v) is 9.32. The van der Waals surface area contributed by atoms with Crippen molar-refractivity contribution in [3.05, 3.63) is 92.0 Å². The fourth-order valence-corrected chi connectivity index (χ4v) is 6.19. The van der Waals surface area contributed by atoms with Crippen molar-refractivity contribution in [1.82, 2.24) is 10.2 Å². The third kappa shape index (κ3) is 8.19. The Balaban J connectivity index is 2.11. The van der Waals surface area contributed by atoms with Gasteiger partial charge in [-0.15, -0.1) is 0 Å². The molecule has 3 rings (SSSR count). The van der Waals surface area contributed by atoms with E-state index in [0.29, 0.717) is 17.9 Å². The molecule has 0 aliphatic rings. The predicted molar refractivity (Wildman–Crippen MR) is 170 cm³/mol. The lowest BCUT2D eigenvalue weighted by Gasteiger charge is -2.32. The Bertz CT molecular complexity index is 1610. The lowest BCUT2D eigenvalue weighted by Crippen LogP contribution is -2.51. The summed E-state index contributed by atoms with van der Waals surface area (Å²) in [4.78, 5) is 39.0. The standard InChI is InChI=1S/C30H34Cl2N4O7S/c1-19(2)16-33-30(38)21(4)34(17-25-26(31)7-6-8-27(25)32)29(37)18-35(22-10-12-23(43-5)13-11-22)44(41,42)24-14-9-20(3)28(15-24)36(39)40/h6-15,19,21H,16-18H2,1-5H3,(H,33,38)/t21-/m0/s1. The fourth-order valence-electron chi connectivity index (χ4n) is 4.24. The van der Waals surface area contributed by atoms with Crippen LogP contribution in [0.2, 0.25) is 10.0 Å². The van der Waals surface area contributed by atoms with Crippen molar-refractivity contribution < 1.29 is 27.7 Å². The number of hydrogen-bond acceptors (Lipinski definition) is 7. The van der Waals surface area contributed by atoms with Crippen LogP contribution in [-0.2, 0) is 26.2 Å². The van der Waals surface area contributed by atoms with Gasteiger partial charge in [-0.25, -0.2) is 8.42 Å². The number of benzene rings is 3. The molecule has 0 spiro atoms. The first-order valence-electron chi connectivity index (χ1n) is 13.6. The van der Waals surface area contributed by atoms with Crippen molar-refractivity contribution in [1.29, 1.82) is 0 Å². The molecule has 11 nitrogen and oxygen atoms in total. The highest BCUT2D eigenvalue weighted by atomic mass is 35.5. The molecular formula is C30H34Cl2N4O7S. The van der Waals surface area contributed by atoms with Crippen molar-refractivity contribution in [2.45, 2.75) is 45.2 Å². The van der Waals surface area contributed by atoms with E-state index in [-0.39, 0.29) is 38.7 Å². The first-order chi connectivity index (χ1) is 20.7. The van der Waals surface area contributed by atoms with E-state index in [1.54, 1.807) is 18.2 Å². The Kier molecular flexibility index (Phi) is 11.6. The third-order valence-electron chi connectivity index (χ3n) is 6.85. The normalized spacial score (nSPS) is 12.0. The fraction of sp³-hybridized carbons (Fsp3) is 0.333. The number of ether oxygens (including phenoxy) is 1. The molecule has 0 unspecified atom stereocenters. The van der Waals surface area contributed by atoms with Gasteiger partial charge in [-0.3, -0.25) is 24.0 Å². The predicted octanol–water partition coefficient (Wildman–Crippen LogP) is 5.60. The number of methoxy groups -OCH3 is 1. The van der Waals surface area contributed by atoms with Gasteiger partial charge in [-0.2, -0.15) is 0 Å². The number of carbonyl (C=O) groups excluding carboxylic acids is 2. The molecule has 0 fully saturated rings.